The summed E-state index contributed by atoms with van der Waals surface area (Å²) in [6.45, 7) is 6.95. The van der Waals surface area contributed by atoms with Gasteiger partial charge in [-0.2, -0.15) is 0 Å². The van der Waals surface area contributed by atoms with Gasteiger partial charge in [0.2, 0.25) is 0 Å². The zero-order valence-corrected chi connectivity index (χ0v) is 17.0. The highest BCUT2D eigenvalue weighted by molar-refractivity contribution is 14.0. The largest absolute Gasteiger partial charge is 0.497 e. The molecule has 2 aromatic rings. The monoisotopic (exact) mass is 439 g/mol. The van der Waals surface area contributed by atoms with Crippen molar-refractivity contribution in [1.29, 1.82) is 0 Å². The van der Waals surface area contributed by atoms with E-state index in [4.69, 9.17) is 10.5 Å². The lowest BCUT2D eigenvalue weighted by molar-refractivity contribution is 0.414. The topological polar surface area (TPSA) is 59.6 Å². The van der Waals surface area contributed by atoms with Gasteiger partial charge < -0.3 is 15.8 Å². The molecule has 24 heavy (non-hydrogen) atoms. The van der Waals surface area contributed by atoms with E-state index < -0.39 is 0 Å². The van der Waals surface area contributed by atoms with Gasteiger partial charge in [0.05, 0.1) is 13.7 Å². The Morgan fingerprint density at radius 3 is 2.42 bits per heavy atom. The first-order valence-electron chi connectivity index (χ1n) is 7.69. The summed E-state index contributed by atoms with van der Waals surface area (Å²) >= 11 is 0. The molecular weight excluding hydrogens is 413 g/mol. The Bertz CT molecular complexity index is 681. The van der Waals surface area contributed by atoms with Crippen LogP contribution in [0.4, 0.5) is 5.69 Å². The maximum atomic E-state index is 6.01. The second kappa shape index (κ2) is 8.92. The molecule has 0 saturated carbocycles. The van der Waals surface area contributed by atoms with Crippen LogP contribution in [0.1, 0.15) is 25.0 Å². The van der Waals surface area contributed by atoms with Crippen molar-refractivity contribution in [1.82, 2.24) is 0 Å². The Morgan fingerprint density at radius 1 is 1.17 bits per heavy atom. The van der Waals surface area contributed by atoms with Crippen LogP contribution in [-0.2, 0) is 5.41 Å². The number of guanidine groups is 1. The maximum absolute atomic E-state index is 6.01. The van der Waals surface area contributed by atoms with Gasteiger partial charge in [-0.05, 0) is 42.3 Å². The normalized spacial score (nSPS) is 11.6. The van der Waals surface area contributed by atoms with Gasteiger partial charge >= 0.3 is 0 Å². The molecule has 0 bridgehead atoms. The molecule has 0 aliphatic heterocycles. The summed E-state index contributed by atoms with van der Waals surface area (Å²) in [5, 5.41) is 3.13. The molecule has 3 N–H and O–H groups in total. The average Bonchev–Trinajstić information content (AvgIpc) is 2.53. The van der Waals surface area contributed by atoms with Crippen molar-refractivity contribution in [2.24, 2.45) is 10.7 Å². The fourth-order valence-electron chi connectivity index (χ4n) is 2.33. The lowest BCUT2D eigenvalue weighted by Gasteiger charge is -2.23. The molecule has 130 valence electrons. The number of halogens is 1. The number of aryl methyl sites for hydroxylation is 1. The number of nitrogens with two attached hydrogens (primary N) is 1. The van der Waals surface area contributed by atoms with Crippen molar-refractivity contribution in [2.45, 2.75) is 26.2 Å². The Labute approximate surface area is 161 Å². The van der Waals surface area contributed by atoms with Crippen LogP contribution in [0.5, 0.6) is 5.75 Å². The molecule has 0 atom stereocenters. The Balaban J connectivity index is 0.00000288. The highest BCUT2D eigenvalue weighted by Gasteiger charge is 2.20. The molecule has 2 rings (SSSR count). The number of anilines is 1. The first kappa shape index (κ1) is 20.3. The zero-order chi connectivity index (χ0) is 16.9. The van der Waals surface area contributed by atoms with Gasteiger partial charge in [0, 0.05) is 11.1 Å². The highest BCUT2D eigenvalue weighted by Crippen LogP contribution is 2.25. The van der Waals surface area contributed by atoms with E-state index in [1.54, 1.807) is 7.11 Å². The minimum Gasteiger partial charge on any atom is -0.497 e. The van der Waals surface area contributed by atoms with Crippen molar-refractivity contribution >= 4 is 35.6 Å². The highest BCUT2D eigenvalue weighted by atomic mass is 127. The van der Waals surface area contributed by atoms with E-state index in [-0.39, 0.29) is 29.4 Å². The summed E-state index contributed by atoms with van der Waals surface area (Å²) in [5.74, 6) is 1.28. The standard InChI is InChI=1S/C19H25N3O.HI/c1-14-6-5-7-16(12-14)22-18(20)21-13-19(2,3)15-8-10-17(23-4)11-9-15;/h5-12H,13H2,1-4H3,(H3,20,21,22);1H. The first-order valence-corrected chi connectivity index (χ1v) is 7.69. The molecular formula is C19H26IN3O. The number of hydrogen-bond acceptors (Lipinski definition) is 2. The van der Waals surface area contributed by atoms with Gasteiger partial charge in [-0.1, -0.05) is 38.1 Å². The van der Waals surface area contributed by atoms with Crippen LogP contribution in [-0.4, -0.2) is 19.6 Å². The molecule has 0 spiro atoms. The lowest BCUT2D eigenvalue weighted by atomic mass is 9.85. The molecule has 5 heteroatoms. The van der Waals surface area contributed by atoms with Crippen LogP contribution in [0.25, 0.3) is 0 Å². The number of benzene rings is 2. The average molecular weight is 439 g/mol. The second-order valence-corrected chi connectivity index (χ2v) is 6.31. The molecule has 4 nitrogen and oxygen atoms in total. The third-order valence-electron chi connectivity index (χ3n) is 3.81. The van der Waals surface area contributed by atoms with Gasteiger partial charge in [-0.15, -0.1) is 24.0 Å². The number of methoxy groups -OCH3 is 1. The van der Waals surface area contributed by atoms with Crippen molar-refractivity contribution in [3.63, 3.8) is 0 Å². The minimum atomic E-state index is -0.106. The van der Waals surface area contributed by atoms with E-state index in [2.05, 4.69) is 36.3 Å². The molecule has 0 aromatic heterocycles. The number of hydrogen-bond donors (Lipinski definition) is 2. The van der Waals surface area contributed by atoms with Crippen LogP contribution >= 0.6 is 24.0 Å². The number of aliphatic imine (C=N–C) groups is 1. The minimum absolute atomic E-state index is 0. The number of nitrogens with zero attached hydrogens (tertiary/aromatic N) is 1. The summed E-state index contributed by atoms with van der Waals surface area (Å²) in [7, 11) is 1.67. The molecule has 0 radical (unpaired) electrons. The molecule has 2 aromatic carbocycles. The third kappa shape index (κ3) is 5.70. The number of rotatable bonds is 5. The van der Waals surface area contributed by atoms with Crippen LogP contribution in [0, 0.1) is 6.92 Å². The first-order chi connectivity index (χ1) is 10.9. The van der Waals surface area contributed by atoms with Crippen LogP contribution in [0.3, 0.4) is 0 Å². The summed E-state index contributed by atoms with van der Waals surface area (Å²) in [6.07, 6.45) is 0. The van der Waals surface area contributed by atoms with Gasteiger partial charge in [0.25, 0.3) is 0 Å². The van der Waals surface area contributed by atoms with Gasteiger partial charge in [0.15, 0.2) is 5.96 Å². The van der Waals surface area contributed by atoms with Crippen LogP contribution in [0.15, 0.2) is 53.5 Å². The molecule has 0 saturated heterocycles. The smallest absolute Gasteiger partial charge is 0.193 e. The fraction of sp³-hybridized carbons (Fsp3) is 0.316. The summed E-state index contributed by atoms with van der Waals surface area (Å²) in [6, 6.07) is 16.1. The van der Waals surface area contributed by atoms with E-state index in [9.17, 15) is 0 Å². The Kier molecular flexibility index (Phi) is 7.54. The van der Waals surface area contributed by atoms with E-state index in [0.717, 1.165) is 11.4 Å². The number of nitrogens with one attached hydrogen (secondary N) is 1. The summed E-state index contributed by atoms with van der Waals surface area (Å²) in [5.41, 5.74) is 9.23. The third-order valence-corrected chi connectivity index (χ3v) is 3.81. The Morgan fingerprint density at radius 2 is 1.83 bits per heavy atom. The van der Waals surface area contributed by atoms with Gasteiger partial charge in [-0.3, -0.25) is 4.99 Å². The van der Waals surface area contributed by atoms with E-state index >= 15 is 0 Å². The predicted octanol–water partition coefficient (Wildman–Crippen LogP) is 4.33. The molecule has 0 amide bonds. The van der Waals surface area contributed by atoms with E-state index in [0.29, 0.717) is 12.5 Å². The Hall–Kier alpha value is -1.76. The number of ether oxygens (including phenoxy) is 1. The maximum Gasteiger partial charge on any atom is 0.193 e. The quantitative estimate of drug-likeness (QED) is 0.414. The van der Waals surface area contributed by atoms with Gasteiger partial charge in [0.1, 0.15) is 5.75 Å². The lowest BCUT2D eigenvalue weighted by Crippen LogP contribution is -2.27. The molecule has 0 fully saturated rings. The predicted molar refractivity (Wildman–Crippen MR) is 113 cm³/mol. The van der Waals surface area contributed by atoms with Crippen LogP contribution < -0.4 is 15.8 Å². The SMILES string of the molecule is COc1ccc(C(C)(C)CN=C(N)Nc2cccc(C)c2)cc1.I. The molecule has 0 heterocycles. The van der Waals surface area contributed by atoms with Crippen molar-refractivity contribution in [3.8, 4) is 5.75 Å². The second-order valence-electron chi connectivity index (χ2n) is 6.31. The molecule has 0 unspecified atom stereocenters. The zero-order valence-electron chi connectivity index (χ0n) is 14.7. The van der Waals surface area contributed by atoms with Gasteiger partial charge in [-0.25, -0.2) is 0 Å². The molecule has 0 aliphatic carbocycles. The molecule has 0 aliphatic rings. The van der Waals surface area contributed by atoms with Crippen molar-refractivity contribution in [3.05, 3.63) is 59.7 Å². The van der Waals surface area contributed by atoms with E-state index in [1.165, 1.54) is 11.1 Å². The van der Waals surface area contributed by atoms with Crippen LogP contribution in [0.2, 0.25) is 0 Å². The van der Waals surface area contributed by atoms with E-state index in [1.807, 2.05) is 43.3 Å². The van der Waals surface area contributed by atoms with Crippen molar-refractivity contribution < 1.29 is 4.74 Å². The van der Waals surface area contributed by atoms with Crippen molar-refractivity contribution in [2.75, 3.05) is 19.0 Å². The summed E-state index contributed by atoms with van der Waals surface area (Å²) < 4.78 is 5.20. The fourth-order valence-corrected chi connectivity index (χ4v) is 2.33. The summed E-state index contributed by atoms with van der Waals surface area (Å²) in [4.78, 5) is 4.49.